The first-order chi connectivity index (χ1) is 13.6. The molecular weight excluding hydrogens is 348 g/mol. The molecule has 2 heterocycles. The number of guanidine groups is 1. The van der Waals surface area contributed by atoms with Gasteiger partial charge in [-0.3, -0.25) is 4.79 Å². The van der Waals surface area contributed by atoms with Crippen LogP contribution in [-0.4, -0.2) is 60.5 Å². The van der Waals surface area contributed by atoms with Crippen molar-refractivity contribution in [3.63, 3.8) is 0 Å². The van der Waals surface area contributed by atoms with Gasteiger partial charge in [0, 0.05) is 37.3 Å². The maximum Gasteiger partial charge on any atom is 0.226 e. The molecule has 0 spiro atoms. The van der Waals surface area contributed by atoms with E-state index in [0.29, 0.717) is 16.8 Å². The van der Waals surface area contributed by atoms with Crippen LogP contribution in [0.3, 0.4) is 0 Å². The second kappa shape index (κ2) is 6.53. The van der Waals surface area contributed by atoms with Crippen LogP contribution in [0.25, 0.3) is 5.57 Å². The number of ketones is 1. The molecule has 0 saturated carbocycles. The highest BCUT2D eigenvalue weighted by molar-refractivity contribution is 6.43. The van der Waals surface area contributed by atoms with Gasteiger partial charge in [-0.15, -0.1) is 0 Å². The zero-order valence-corrected chi connectivity index (χ0v) is 16.1. The molecule has 2 aliphatic heterocycles. The predicted octanol–water partition coefficient (Wildman–Crippen LogP) is 3.01. The van der Waals surface area contributed by atoms with E-state index in [4.69, 9.17) is 9.98 Å². The molecule has 28 heavy (non-hydrogen) atoms. The summed E-state index contributed by atoms with van der Waals surface area (Å²) in [6.07, 6.45) is 0. The first-order valence-corrected chi connectivity index (χ1v) is 9.68. The van der Waals surface area contributed by atoms with Crippen molar-refractivity contribution in [2.75, 3.05) is 33.2 Å². The fourth-order valence-electron chi connectivity index (χ4n) is 3.96. The lowest BCUT2D eigenvalue weighted by molar-refractivity contribution is 0.105. The highest BCUT2D eigenvalue weighted by Gasteiger charge is 2.35. The summed E-state index contributed by atoms with van der Waals surface area (Å²) in [4.78, 5) is 27.7. The van der Waals surface area contributed by atoms with E-state index in [9.17, 15) is 4.79 Å². The smallest absolute Gasteiger partial charge is 0.226 e. The molecule has 0 aromatic heterocycles. The van der Waals surface area contributed by atoms with Gasteiger partial charge < -0.3 is 9.80 Å². The summed E-state index contributed by atoms with van der Waals surface area (Å²) < 4.78 is 0. The minimum Gasteiger partial charge on any atom is -0.338 e. The largest absolute Gasteiger partial charge is 0.338 e. The Morgan fingerprint density at radius 2 is 1.54 bits per heavy atom. The Morgan fingerprint density at radius 3 is 2.25 bits per heavy atom. The zero-order valence-electron chi connectivity index (χ0n) is 16.1. The summed E-state index contributed by atoms with van der Waals surface area (Å²) >= 11 is 0. The maximum absolute atomic E-state index is 13.4. The summed E-state index contributed by atoms with van der Waals surface area (Å²) in [5.41, 5.74) is 5.83. The van der Waals surface area contributed by atoms with Crippen molar-refractivity contribution in [2.24, 2.45) is 9.98 Å². The SMILES string of the molecule is Cc1ccc(C2=C3N=C(N4CCN(C)CC4)N=C3c3ccccc3C2=O)cc1. The van der Waals surface area contributed by atoms with Gasteiger partial charge in [-0.25, -0.2) is 9.98 Å². The number of rotatable bonds is 1. The maximum atomic E-state index is 13.4. The first-order valence-electron chi connectivity index (χ1n) is 9.68. The fraction of sp³-hybridized carbons (Fsp3) is 0.261. The van der Waals surface area contributed by atoms with Crippen LogP contribution in [0.5, 0.6) is 0 Å². The number of Topliss-reactive ketones (excluding diaryl/α,β-unsaturated/α-hetero) is 1. The summed E-state index contributed by atoms with van der Waals surface area (Å²) in [5, 5.41) is 0. The molecule has 140 valence electrons. The predicted molar refractivity (Wildman–Crippen MR) is 112 cm³/mol. The Hall–Kier alpha value is -3.05. The highest BCUT2D eigenvalue weighted by atomic mass is 16.1. The number of allylic oxidation sites excluding steroid dienone is 2. The molecule has 0 radical (unpaired) electrons. The number of hydrogen-bond acceptors (Lipinski definition) is 5. The van der Waals surface area contributed by atoms with Gasteiger partial charge in [0.25, 0.3) is 0 Å². The minimum absolute atomic E-state index is 0.0248. The lowest BCUT2D eigenvalue weighted by Gasteiger charge is -2.32. The van der Waals surface area contributed by atoms with Gasteiger partial charge >= 0.3 is 0 Å². The second-order valence-corrected chi connectivity index (χ2v) is 7.63. The molecule has 1 fully saturated rings. The van der Waals surface area contributed by atoms with Crippen LogP contribution in [0.2, 0.25) is 0 Å². The van der Waals surface area contributed by atoms with Gasteiger partial charge in [-0.2, -0.15) is 0 Å². The summed E-state index contributed by atoms with van der Waals surface area (Å²) in [6, 6.07) is 15.8. The molecule has 0 bridgehead atoms. The van der Waals surface area contributed by atoms with Crippen molar-refractivity contribution in [3.8, 4) is 0 Å². The summed E-state index contributed by atoms with van der Waals surface area (Å²) in [5.74, 6) is 0.754. The van der Waals surface area contributed by atoms with E-state index in [1.807, 2.05) is 55.5 Å². The summed E-state index contributed by atoms with van der Waals surface area (Å²) in [7, 11) is 2.13. The van der Waals surface area contributed by atoms with Crippen molar-refractivity contribution in [2.45, 2.75) is 6.92 Å². The average molecular weight is 370 g/mol. The molecule has 1 aliphatic carbocycles. The number of aliphatic imine (C=N–C) groups is 2. The highest BCUT2D eigenvalue weighted by Crippen LogP contribution is 2.36. The number of likely N-dealkylation sites (N-methyl/N-ethyl adjacent to an activating group) is 1. The normalized spacial score (nSPS) is 19.4. The molecule has 5 heteroatoms. The van der Waals surface area contributed by atoms with E-state index in [-0.39, 0.29) is 5.78 Å². The average Bonchev–Trinajstić information content (AvgIpc) is 3.15. The number of piperazine rings is 1. The van der Waals surface area contributed by atoms with Crippen LogP contribution in [0, 0.1) is 6.92 Å². The van der Waals surface area contributed by atoms with Gasteiger partial charge in [0.2, 0.25) is 5.96 Å². The number of benzene rings is 2. The number of nitrogens with zero attached hydrogens (tertiary/aromatic N) is 4. The van der Waals surface area contributed by atoms with Crippen molar-refractivity contribution in [3.05, 3.63) is 76.5 Å². The lowest BCUT2D eigenvalue weighted by atomic mass is 9.84. The molecule has 2 aromatic carbocycles. The first kappa shape index (κ1) is 17.1. The van der Waals surface area contributed by atoms with E-state index >= 15 is 0 Å². The van der Waals surface area contributed by atoms with Gasteiger partial charge in [-0.05, 0) is 19.5 Å². The Kier molecular flexibility index (Phi) is 3.98. The Bertz CT molecular complexity index is 1050. The lowest BCUT2D eigenvalue weighted by Crippen LogP contribution is -2.46. The van der Waals surface area contributed by atoms with Crippen LogP contribution in [0.15, 0.2) is 64.2 Å². The molecule has 0 N–H and O–H groups in total. The van der Waals surface area contributed by atoms with Crippen molar-refractivity contribution in [1.82, 2.24) is 9.80 Å². The van der Waals surface area contributed by atoms with Crippen molar-refractivity contribution >= 4 is 23.0 Å². The van der Waals surface area contributed by atoms with E-state index in [1.54, 1.807) is 0 Å². The molecule has 2 aromatic rings. The van der Waals surface area contributed by atoms with E-state index in [0.717, 1.165) is 49.0 Å². The monoisotopic (exact) mass is 370 g/mol. The standard InChI is InChI=1S/C23H22N4O/c1-15-7-9-16(10-8-15)19-21-20(17-5-3-4-6-18(17)22(19)28)24-23(25-21)27-13-11-26(2)12-14-27/h3-10H,11-14H2,1-2H3. The van der Waals surface area contributed by atoms with E-state index in [2.05, 4.69) is 16.8 Å². The van der Waals surface area contributed by atoms with Crippen LogP contribution in [0.4, 0.5) is 0 Å². The number of carbonyl (C=O) groups is 1. The fourth-order valence-corrected chi connectivity index (χ4v) is 3.96. The van der Waals surface area contributed by atoms with Crippen LogP contribution >= 0.6 is 0 Å². The third-order valence-electron chi connectivity index (χ3n) is 5.66. The van der Waals surface area contributed by atoms with Crippen LogP contribution < -0.4 is 0 Å². The molecule has 5 nitrogen and oxygen atoms in total. The minimum atomic E-state index is 0.0248. The third-order valence-corrected chi connectivity index (χ3v) is 5.66. The quantitative estimate of drug-likeness (QED) is 0.775. The van der Waals surface area contributed by atoms with Gasteiger partial charge in [0.05, 0.1) is 5.57 Å². The molecule has 5 rings (SSSR count). The van der Waals surface area contributed by atoms with Gasteiger partial charge in [-0.1, -0.05) is 54.1 Å². The molecule has 3 aliphatic rings. The Labute approximate surface area is 164 Å². The molecule has 1 saturated heterocycles. The Morgan fingerprint density at radius 1 is 0.857 bits per heavy atom. The Balaban J connectivity index is 1.66. The summed E-state index contributed by atoms with van der Waals surface area (Å²) in [6.45, 7) is 5.82. The molecular formula is C23H22N4O. The van der Waals surface area contributed by atoms with Crippen molar-refractivity contribution in [1.29, 1.82) is 0 Å². The van der Waals surface area contributed by atoms with E-state index < -0.39 is 0 Å². The molecule has 0 atom stereocenters. The van der Waals surface area contributed by atoms with E-state index in [1.165, 1.54) is 5.56 Å². The van der Waals surface area contributed by atoms with Gasteiger partial charge in [0.1, 0.15) is 11.4 Å². The number of fused-ring (bicyclic) bond motifs is 3. The number of aryl methyl sites for hydroxylation is 1. The number of hydrogen-bond donors (Lipinski definition) is 0. The van der Waals surface area contributed by atoms with Gasteiger partial charge in [0.15, 0.2) is 5.78 Å². The molecule has 0 unspecified atom stereocenters. The van der Waals surface area contributed by atoms with Crippen molar-refractivity contribution < 1.29 is 4.79 Å². The third kappa shape index (κ3) is 2.70. The van der Waals surface area contributed by atoms with Crippen LogP contribution in [-0.2, 0) is 0 Å². The zero-order chi connectivity index (χ0) is 19.3. The number of carbonyl (C=O) groups excluding carboxylic acids is 1. The molecule has 0 amide bonds. The topological polar surface area (TPSA) is 48.3 Å². The second-order valence-electron chi connectivity index (χ2n) is 7.63. The van der Waals surface area contributed by atoms with Crippen LogP contribution in [0.1, 0.15) is 27.0 Å².